The first kappa shape index (κ1) is 11.8. The molecule has 2 aliphatic rings. The van der Waals surface area contributed by atoms with Gasteiger partial charge in [-0.25, -0.2) is 4.98 Å². The molecule has 0 bridgehead atoms. The lowest BCUT2D eigenvalue weighted by Crippen LogP contribution is -2.46. The van der Waals surface area contributed by atoms with Gasteiger partial charge >= 0.3 is 0 Å². The molecule has 2 saturated heterocycles. The monoisotopic (exact) mass is 257 g/mol. The highest BCUT2D eigenvalue weighted by Crippen LogP contribution is 2.34. The number of aromatic nitrogens is 1. The number of carbonyl (C=O) groups is 1. The largest absolute Gasteiger partial charge is 0.395 e. The predicted octanol–water partition coefficient (Wildman–Crippen LogP) is 0.250. The Kier molecular flexibility index (Phi) is 2.75. The van der Waals surface area contributed by atoms with Crippen LogP contribution in [0.4, 0.5) is 11.5 Å². The molecule has 2 aliphatic heterocycles. The Hall–Kier alpha value is -2.29. The number of carbonyl (C=O) groups excluding carboxylic acids is 1. The second-order valence-corrected chi connectivity index (χ2v) is 4.96. The van der Waals surface area contributed by atoms with Crippen LogP contribution in [0.2, 0.25) is 0 Å². The van der Waals surface area contributed by atoms with Crippen molar-refractivity contribution in [2.45, 2.75) is 18.9 Å². The van der Waals surface area contributed by atoms with E-state index in [-0.39, 0.29) is 17.9 Å². The van der Waals surface area contributed by atoms with E-state index in [1.165, 1.54) is 0 Å². The lowest BCUT2D eigenvalue weighted by atomic mass is 9.91. The second kappa shape index (κ2) is 4.43. The quantitative estimate of drug-likeness (QED) is 0.752. The summed E-state index contributed by atoms with van der Waals surface area (Å²) in [5, 5.41) is 11.9. The maximum atomic E-state index is 11.8. The topological polar surface area (TPSA) is 95.0 Å². The summed E-state index contributed by atoms with van der Waals surface area (Å²) in [5.74, 6) is 0.760. The number of hydrogen-bond donors (Lipinski definition) is 2. The molecule has 3 rings (SSSR count). The third-order valence-electron chi connectivity index (χ3n) is 3.96. The first-order valence-corrected chi connectivity index (χ1v) is 6.41. The van der Waals surface area contributed by atoms with Crippen LogP contribution in [-0.2, 0) is 4.79 Å². The highest BCUT2D eigenvalue weighted by molar-refractivity contribution is 5.83. The maximum Gasteiger partial charge on any atom is 0.225 e. The molecule has 0 aliphatic carbocycles. The molecule has 0 spiro atoms. The van der Waals surface area contributed by atoms with E-state index in [0.29, 0.717) is 23.6 Å². The number of anilines is 2. The average Bonchev–Trinajstić information content (AvgIpc) is 2.81. The normalized spacial score (nSPS) is 25.6. The minimum Gasteiger partial charge on any atom is -0.395 e. The van der Waals surface area contributed by atoms with Crippen LogP contribution in [0, 0.1) is 17.2 Å². The number of piperidine rings is 1. The first-order chi connectivity index (χ1) is 9.22. The molecular weight excluding hydrogens is 242 g/mol. The Morgan fingerprint density at radius 1 is 1.58 bits per heavy atom. The van der Waals surface area contributed by atoms with Crippen molar-refractivity contribution in [3.63, 3.8) is 0 Å². The number of nitrogens with two attached hydrogens (primary N) is 1. The fourth-order valence-corrected chi connectivity index (χ4v) is 3.00. The smallest absolute Gasteiger partial charge is 0.225 e. The first-order valence-electron chi connectivity index (χ1n) is 6.41. The summed E-state index contributed by atoms with van der Waals surface area (Å²) >= 11 is 0. The summed E-state index contributed by atoms with van der Waals surface area (Å²) in [6.45, 7) is 1.45. The molecule has 2 atom stereocenters. The minimum atomic E-state index is 0.0145. The van der Waals surface area contributed by atoms with Crippen molar-refractivity contribution >= 4 is 17.4 Å². The maximum absolute atomic E-state index is 11.8. The van der Waals surface area contributed by atoms with Gasteiger partial charge in [-0.15, -0.1) is 0 Å². The van der Waals surface area contributed by atoms with Gasteiger partial charge in [0, 0.05) is 19.3 Å². The van der Waals surface area contributed by atoms with Crippen molar-refractivity contribution in [2.24, 2.45) is 5.92 Å². The molecule has 0 radical (unpaired) electrons. The van der Waals surface area contributed by atoms with Gasteiger partial charge in [0.2, 0.25) is 5.91 Å². The van der Waals surface area contributed by atoms with Gasteiger partial charge in [0.1, 0.15) is 6.07 Å². The second-order valence-electron chi connectivity index (χ2n) is 4.96. The van der Waals surface area contributed by atoms with E-state index in [9.17, 15) is 4.79 Å². The lowest BCUT2D eigenvalue weighted by molar-refractivity contribution is -0.122. The zero-order chi connectivity index (χ0) is 13.4. The van der Waals surface area contributed by atoms with Gasteiger partial charge < -0.3 is 16.0 Å². The summed E-state index contributed by atoms with van der Waals surface area (Å²) in [7, 11) is 0. The van der Waals surface area contributed by atoms with Crippen LogP contribution < -0.4 is 16.0 Å². The fraction of sp³-hybridized carbons (Fsp3) is 0.462. The number of rotatable bonds is 1. The molecule has 3 N–H and O–H groups in total. The van der Waals surface area contributed by atoms with Gasteiger partial charge in [0.15, 0.2) is 5.82 Å². The van der Waals surface area contributed by atoms with E-state index in [1.807, 2.05) is 0 Å². The van der Waals surface area contributed by atoms with Gasteiger partial charge in [-0.3, -0.25) is 4.79 Å². The number of fused-ring (bicyclic) bond motifs is 1. The number of amides is 1. The molecule has 2 fully saturated rings. The molecule has 2 unspecified atom stereocenters. The van der Waals surface area contributed by atoms with Gasteiger partial charge in [0.25, 0.3) is 0 Å². The fourth-order valence-electron chi connectivity index (χ4n) is 3.00. The van der Waals surface area contributed by atoms with E-state index in [4.69, 9.17) is 11.0 Å². The number of nitrogens with one attached hydrogen (secondary N) is 1. The van der Waals surface area contributed by atoms with Crippen LogP contribution in [0.1, 0.15) is 18.4 Å². The van der Waals surface area contributed by atoms with E-state index in [2.05, 4.69) is 21.3 Å². The molecule has 3 heterocycles. The average molecular weight is 257 g/mol. The van der Waals surface area contributed by atoms with Crippen molar-refractivity contribution in [1.82, 2.24) is 10.3 Å². The third kappa shape index (κ3) is 1.78. The summed E-state index contributed by atoms with van der Waals surface area (Å²) in [6.07, 6.45) is 3.44. The van der Waals surface area contributed by atoms with Crippen LogP contribution in [-0.4, -0.2) is 30.0 Å². The van der Waals surface area contributed by atoms with Crippen molar-refractivity contribution in [1.29, 1.82) is 5.26 Å². The molecule has 0 aromatic carbocycles. The Bertz CT molecular complexity index is 565. The van der Waals surface area contributed by atoms with Crippen molar-refractivity contribution in [3.8, 4) is 6.07 Å². The third-order valence-corrected chi connectivity index (χ3v) is 3.96. The number of nitrogens with zero attached hydrogens (tertiary/aromatic N) is 3. The van der Waals surface area contributed by atoms with Crippen LogP contribution >= 0.6 is 0 Å². The molecule has 6 heteroatoms. The van der Waals surface area contributed by atoms with Crippen LogP contribution in [0.3, 0.4) is 0 Å². The number of pyridine rings is 1. The minimum absolute atomic E-state index is 0.0145. The molecular formula is C13H15N5O. The summed E-state index contributed by atoms with van der Waals surface area (Å²) < 4.78 is 0. The summed E-state index contributed by atoms with van der Waals surface area (Å²) in [4.78, 5) is 18.1. The van der Waals surface area contributed by atoms with Gasteiger partial charge in [-0.05, 0) is 18.9 Å². The molecule has 6 nitrogen and oxygen atoms in total. The zero-order valence-corrected chi connectivity index (χ0v) is 10.5. The van der Waals surface area contributed by atoms with E-state index in [0.717, 1.165) is 19.4 Å². The van der Waals surface area contributed by atoms with Gasteiger partial charge in [-0.1, -0.05) is 0 Å². The lowest BCUT2D eigenvalue weighted by Gasteiger charge is -2.37. The van der Waals surface area contributed by atoms with E-state index in [1.54, 1.807) is 12.3 Å². The van der Waals surface area contributed by atoms with Crippen molar-refractivity contribution in [2.75, 3.05) is 23.7 Å². The van der Waals surface area contributed by atoms with E-state index < -0.39 is 0 Å². The molecule has 0 saturated carbocycles. The SMILES string of the molecule is N#Cc1ccnc(N2CCCC3C(=O)NCC32)c1N. The van der Waals surface area contributed by atoms with Crippen LogP contribution in [0.5, 0.6) is 0 Å². The Morgan fingerprint density at radius 2 is 2.42 bits per heavy atom. The van der Waals surface area contributed by atoms with Crippen LogP contribution in [0.25, 0.3) is 0 Å². The predicted molar refractivity (Wildman–Crippen MR) is 70.2 cm³/mol. The highest BCUT2D eigenvalue weighted by Gasteiger charge is 2.41. The number of nitriles is 1. The molecule has 1 amide bonds. The zero-order valence-electron chi connectivity index (χ0n) is 10.5. The Labute approximate surface area is 111 Å². The standard InChI is InChI=1S/C13H15N5O/c14-6-8-3-4-16-12(11(8)15)18-5-1-2-9-10(18)7-17-13(9)19/h3-4,9-10H,1-2,5,7,15H2,(H,17,19). The van der Waals surface area contributed by atoms with Crippen LogP contribution in [0.15, 0.2) is 12.3 Å². The molecule has 1 aromatic heterocycles. The molecule has 19 heavy (non-hydrogen) atoms. The number of nitrogen functional groups attached to an aromatic ring is 1. The van der Waals surface area contributed by atoms with Gasteiger partial charge in [-0.2, -0.15) is 5.26 Å². The van der Waals surface area contributed by atoms with Crippen molar-refractivity contribution < 1.29 is 4.79 Å². The van der Waals surface area contributed by atoms with Crippen molar-refractivity contribution in [3.05, 3.63) is 17.8 Å². The number of hydrogen-bond acceptors (Lipinski definition) is 5. The molecule has 1 aromatic rings. The Morgan fingerprint density at radius 3 is 3.21 bits per heavy atom. The Balaban J connectivity index is 1.98. The summed E-state index contributed by atoms with van der Waals surface area (Å²) in [6, 6.07) is 3.78. The van der Waals surface area contributed by atoms with Gasteiger partial charge in [0.05, 0.1) is 23.2 Å². The van der Waals surface area contributed by atoms with E-state index >= 15 is 0 Å². The summed E-state index contributed by atoms with van der Waals surface area (Å²) in [5.41, 5.74) is 6.85. The highest BCUT2D eigenvalue weighted by atomic mass is 16.2. The molecule has 98 valence electrons.